The van der Waals surface area contributed by atoms with Crippen molar-refractivity contribution >= 4 is 19.9 Å². The van der Waals surface area contributed by atoms with Crippen molar-refractivity contribution < 1.29 is 16.8 Å². The van der Waals surface area contributed by atoms with Gasteiger partial charge in [-0.3, -0.25) is 9.88 Å². The molecule has 0 N–H and O–H groups in total. The van der Waals surface area contributed by atoms with Crippen LogP contribution in [0.3, 0.4) is 0 Å². The first-order chi connectivity index (χ1) is 12.8. The molecule has 7 nitrogen and oxygen atoms in total. The van der Waals surface area contributed by atoms with Crippen LogP contribution in [0.5, 0.6) is 0 Å². The number of rotatable bonds is 4. The van der Waals surface area contributed by atoms with E-state index in [4.69, 9.17) is 0 Å². The molecule has 3 heterocycles. The zero-order valence-corrected chi connectivity index (χ0v) is 17.3. The fraction of sp³-hybridized carbons (Fsp3) is 0.722. The lowest BCUT2D eigenvalue weighted by Crippen LogP contribution is -2.54. The highest BCUT2D eigenvalue weighted by molar-refractivity contribution is 7.92. The van der Waals surface area contributed by atoms with Gasteiger partial charge >= 0.3 is 0 Å². The molecule has 0 unspecified atom stereocenters. The van der Waals surface area contributed by atoms with Crippen LogP contribution < -0.4 is 0 Å². The summed E-state index contributed by atoms with van der Waals surface area (Å²) >= 11 is 0. The molecule has 0 spiro atoms. The maximum atomic E-state index is 12.7. The van der Waals surface area contributed by atoms with Crippen molar-refractivity contribution in [3.63, 3.8) is 0 Å². The molecule has 3 aliphatic rings. The minimum atomic E-state index is -3.27. The molecule has 150 valence electrons. The third-order valence-corrected chi connectivity index (χ3v) is 10.6. The third kappa shape index (κ3) is 3.92. The zero-order chi connectivity index (χ0) is 19.2. The first-order valence-electron chi connectivity index (χ1n) is 9.64. The van der Waals surface area contributed by atoms with Crippen LogP contribution in [0, 0.1) is 6.92 Å². The summed E-state index contributed by atoms with van der Waals surface area (Å²) in [6.45, 7) is 3.75. The van der Waals surface area contributed by atoms with E-state index in [1.165, 1.54) is 0 Å². The Balaban J connectivity index is 1.56. The fourth-order valence-electron chi connectivity index (χ4n) is 4.36. The molecule has 9 heteroatoms. The molecule has 27 heavy (non-hydrogen) atoms. The molecule has 2 saturated heterocycles. The van der Waals surface area contributed by atoms with Crippen molar-refractivity contribution in [2.24, 2.45) is 0 Å². The Morgan fingerprint density at radius 1 is 1.11 bits per heavy atom. The molecule has 1 saturated carbocycles. The van der Waals surface area contributed by atoms with E-state index in [0.29, 0.717) is 39.0 Å². The van der Waals surface area contributed by atoms with Crippen molar-refractivity contribution in [3.8, 4) is 0 Å². The van der Waals surface area contributed by atoms with Crippen LogP contribution in [0.4, 0.5) is 0 Å². The lowest BCUT2D eigenvalue weighted by Gasteiger charge is -2.39. The highest BCUT2D eigenvalue weighted by Crippen LogP contribution is 2.34. The molecule has 1 aliphatic carbocycles. The van der Waals surface area contributed by atoms with Crippen molar-refractivity contribution in [3.05, 3.63) is 29.6 Å². The van der Waals surface area contributed by atoms with E-state index in [-0.39, 0.29) is 17.0 Å². The number of aromatic nitrogens is 1. The second-order valence-electron chi connectivity index (χ2n) is 7.93. The smallest absolute Gasteiger partial charge is 0.216 e. The number of sulfonamides is 1. The van der Waals surface area contributed by atoms with Gasteiger partial charge in [0.25, 0.3) is 0 Å². The average Bonchev–Trinajstić information content (AvgIpc) is 3.43. The van der Waals surface area contributed by atoms with Gasteiger partial charge in [-0.05, 0) is 44.7 Å². The van der Waals surface area contributed by atoms with Crippen molar-refractivity contribution in [2.45, 2.75) is 55.7 Å². The number of fused-ring (bicyclic) bond motifs is 1. The Kier molecular flexibility index (Phi) is 5.07. The van der Waals surface area contributed by atoms with Gasteiger partial charge in [0.1, 0.15) is 0 Å². The normalized spacial score (nSPS) is 29.8. The van der Waals surface area contributed by atoms with E-state index in [9.17, 15) is 16.8 Å². The van der Waals surface area contributed by atoms with Crippen molar-refractivity contribution in [1.29, 1.82) is 0 Å². The molecule has 4 rings (SSSR count). The molecular formula is C18H27N3O4S2. The van der Waals surface area contributed by atoms with E-state index < -0.39 is 25.1 Å². The Hall–Kier alpha value is -1.03. The summed E-state index contributed by atoms with van der Waals surface area (Å²) < 4.78 is 52.2. The van der Waals surface area contributed by atoms with Gasteiger partial charge in [-0.1, -0.05) is 6.07 Å². The summed E-state index contributed by atoms with van der Waals surface area (Å²) in [5, 5.41) is -0.739. The van der Waals surface area contributed by atoms with E-state index in [1.54, 1.807) is 4.31 Å². The lowest BCUT2D eigenvalue weighted by atomic mass is 10.1. The van der Waals surface area contributed by atoms with E-state index in [0.717, 1.165) is 24.2 Å². The van der Waals surface area contributed by atoms with E-state index >= 15 is 0 Å². The molecule has 0 amide bonds. The minimum absolute atomic E-state index is 0.134. The van der Waals surface area contributed by atoms with Gasteiger partial charge in [0.05, 0.1) is 21.9 Å². The van der Waals surface area contributed by atoms with Gasteiger partial charge in [-0.25, -0.2) is 21.1 Å². The minimum Gasteiger partial charge on any atom is -0.292 e. The molecule has 2 aliphatic heterocycles. The quantitative estimate of drug-likeness (QED) is 0.730. The fourth-order valence-corrected chi connectivity index (χ4v) is 8.28. The van der Waals surface area contributed by atoms with Crippen LogP contribution in [-0.4, -0.2) is 73.0 Å². The maximum absolute atomic E-state index is 12.7. The molecular weight excluding hydrogens is 386 g/mol. The van der Waals surface area contributed by atoms with Gasteiger partial charge in [0.2, 0.25) is 10.0 Å². The Morgan fingerprint density at radius 3 is 2.56 bits per heavy atom. The number of sulfone groups is 1. The van der Waals surface area contributed by atoms with Gasteiger partial charge in [0.15, 0.2) is 9.84 Å². The van der Waals surface area contributed by atoms with Gasteiger partial charge in [0, 0.05) is 37.9 Å². The summed E-state index contributed by atoms with van der Waals surface area (Å²) in [5.41, 5.74) is 1.87. The first-order valence-corrected chi connectivity index (χ1v) is 12.9. The number of pyridine rings is 1. The van der Waals surface area contributed by atoms with Crippen LogP contribution in [0.2, 0.25) is 0 Å². The second-order valence-corrected chi connectivity index (χ2v) is 12.5. The summed E-state index contributed by atoms with van der Waals surface area (Å²) in [5.74, 6) is 0.134. The number of hydrogen-bond acceptors (Lipinski definition) is 6. The molecule has 0 radical (unpaired) electrons. The second kappa shape index (κ2) is 7.09. The standard InChI is InChI=1S/C18H27N3O4S2/c1-14-3-2-4-15(19-14)13-20-11-12-26(22,23)18-8-10-21(9-7-17(18)20)27(24,25)16-5-6-16/h2-4,16-18H,5-13H2,1H3/t17-,18+/m0/s1. The van der Waals surface area contributed by atoms with Crippen LogP contribution >= 0.6 is 0 Å². The molecule has 1 aromatic heterocycles. The first kappa shape index (κ1) is 19.3. The van der Waals surface area contributed by atoms with Gasteiger partial charge < -0.3 is 0 Å². The average molecular weight is 414 g/mol. The van der Waals surface area contributed by atoms with E-state index in [1.807, 2.05) is 25.1 Å². The summed E-state index contributed by atoms with van der Waals surface area (Å²) in [6, 6.07) is 5.73. The molecule has 3 fully saturated rings. The Bertz CT molecular complexity index is 912. The SMILES string of the molecule is Cc1cccc(CN2CCS(=O)(=O)[C@@H]3CCN(S(=O)(=O)C4CC4)CC[C@@H]32)n1. The van der Waals surface area contributed by atoms with Crippen LogP contribution in [0.1, 0.15) is 37.1 Å². The van der Waals surface area contributed by atoms with Crippen LogP contribution in [0.15, 0.2) is 18.2 Å². The summed E-state index contributed by atoms with van der Waals surface area (Å²) in [4.78, 5) is 6.75. The van der Waals surface area contributed by atoms with Gasteiger partial charge in [-0.15, -0.1) is 0 Å². The van der Waals surface area contributed by atoms with Crippen molar-refractivity contribution in [1.82, 2.24) is 14.2 Å². The number of hydrogen-bond donors (Lipinski definition) is 0. The summed E-state index contributed by atoms with van der Waals surface area (Å²) in [6.07, 6.45) is 2.41. The largest absolute Gasteiger partial charge is 0.292 e. The highest BCUT2D eigenvalue weighted by atomic mass is 32.2. The van der Waals surface area contributed by atoms with Crippen LogP contribution in [0.25, 0.3) is 0 Å². The van der Waals surface area contributed by atoms with Crippen molar-refractivity contribution in [2.75, 3.05) is 25.4 Å². The van der Waals surface area contributed by atoms with Crippen LogP contribution in [-0.2, 0) is 26.4 Å². The third-order valence-electron chi connectivity index (χ3n) is 5.98. The molecule has 0 bridgehead atoms. The molecule has 0 aromatic carbocycles. The Morgan fingerprint density at radius 2 is 1.85 bits per heavy atom. The molecule has 1 aromatic rings. The predicted octanol–water partition coefficient (Wildman–Crippen LogP) is 0.946. The zero-order valence-electron chi connectivity index (χ0n) is 15.6. The summed E-state index contributed by atoms with van der Waals surface area (Å²) in [7, 11) is -6.46. The number of nitrogens with zero attached hydrogens (tertiary/aromatic N) is 3. The monoisotopic (exact) mass is 413 g/mol. The predicted molar refractivity (Wildman–Crippen MR) is 103 cm³/mol. The maximum Gasteiger partial charge on any atom is 0.216 e. The number of aryl methyl sites for hydroxylation is 1. The lowest BCUT2D eigenvalue weighted by molar-refractivity contribution is 0.171. The van der Waals surface area contributed by atoms with E-state index in [2.05, 4.69) is 9.88 Å². The molecule has 2 atom stereocenters. The van der Waals surface area contributed by atoms with Gasteiger partial charge in [-0.2, -0.15) is 0 Å². The Labute approximate surface area is 161 Å². The topological polar surface area (TPSA) is 87.7 Å². The highest BCUT2D eigenvalue weighted by Gasteiger charge is 2.46.